The summed E-state index contributed by atoms with van der Waals surface area (Å²) in [6, 6.07) is 6.72. The highest BCUT2D eigenvalue weighted by molar-refractivity contribution is 5.29. The molecular weight excluding hydrogens is 196 g/mol. The molecule has 2 nitrogen and oxygen atoms in total. The molecule has 0 aliphatic carbocycles. The van der Waals surface area contributed by atoms with Crippen molar-refractivity contribution in [3.05, 3.63) is 34.9 Å². The van der Waals surface area contributed by atoms with Crippen molar-refractivity contribution in [3.63, 3.8) is 0 Å². The van der Waals surface area contributed by atoms with Crippen molar-refractivity contribution >= 4 is 0 Å². The molecule has 88 valence electrons. The Morgan fingerprint density at radius 2 is 2.19 bits per heavy atom. The zero-order valence-corrected chi connectivity index (χ0v) is 10.3. The van der Waals surface area contributed by atoms with Gasteiger partial charge < -0.3 is 10.6 Å². The Morgan fingerprint density at radius 3 is 2.88 bits per heavy atom. The standard InChI is InChI=1S/C14H22N2/c1-11-3-4-13(7-12(11)2)8-16-10-14-5-6-15-9-14/h3-4,7,14-16H,5-6,8-10H2,1-2H3. The van der Waals surface area contributed by atoms with E-state index in [4.69, 9.17) is 0 Å². The lowest BCUT2D eigenvalue weighted by Crippen LogP contribution is -2.24. The first-order chi connectivity index (χ1) is 7.75. The van der Waals surface area contributed by atoms with Gasteiger partial charge in [0.25, 0.3) is 0 Å². The molecule has 2 rings (SSSR count). The highest BCUT2D eigenvalue weighted by atomic mass is 14.9. The van der Waals surface area contributed by atoms with Crippen LogP contribution in [0.25, 0.3) is 0 Å². The molecule has 1 aliphatic heterocycles. The number of benzene rings is 1. The zero-order valence-electron chi connectivity index (χ0n) is 10.3. The van der Waals surface area contributed by atoms with Crippen LogP contribution in [-0.4, -0.2) is 19.6 Å². The molecule has 1 heterocycles. The number of hydrogen-bond donors (Lipinski definition) is 2. The maximum absolute atomic E-state index is 3.55. The van der Waals surface area contributed by atoms with Gasteiger partial charge in [0.2, 0.25) is 0 Å². The summed E-state index contributed by atoms with van der Waals surface area (Å²) in [7, 11) is 0. The van der Waals surface area contributed by atoms with Crippen molar-refractivity contribution in [1.29, 1.82) is 0 Å². The molecule has 1 fully saturated rings. The largest absolute Gasteiger partial charge is 0.316 e. The van der Waals surface area contributed by atoms with Crippen LogP contribution in [0.15, 0.2) is 18.2 Å². The lowest BCUT2D eigenvalue weighted by Gasteiger charge is -2.11. The van der Waals surface area contributed by atoms with Crippen LogP contribution in [0.5, 0.6) is 0 Å². The van der Waals surface area contributed by atoms with E-state index in [1.54, 1.807) is 0 Å². The van der Waals surface area contributed by atoms with Gasteiger partial charge in [-0.05, 0) is 62.5 Å². The van der Waals surface area contributed by atoms with E-state index >= 15 is 0 Å². The fourth-order valence-corrected chi connectivity index (χ4v) is 2.22. The Balaban J connectivity index is 1.78. The normalized spacial score (nSPS) is 20.2. The van der Waals surface area contributed by atoms with Gasteiger partial charge in [-0.1, -0.05) is 18.2 Å². The average molecular weight is 218 g/mol. The van der Waals surface area contributed by atoms with Crippen LogP contribution in [0, 0.1) is 19.8 Å². The van der Waals surface area contributed by atoms with E-state index < -0.39 is 0 Å². The SMILES string of the molecule is Cc1ccc(CNCC2CCNC2)cc1C. The minimum absolute atomic E-state index is 0.826. The van der Waals surface area contributed by atoms with Gasteiger partial charge in [0.15, 0.2) is 0 Å². The quantitative estimate of drug-likeness (QED) is 0.808. The van der Waals surface area contributed by atoms with Crippen molar-refractivity contribution in [2.24, 2.45) is 5.92 Å². The van der Waals surface area contributed by atoms with Gasteiger partial charge in [-0.2, -0.15) is 0 Å². The van der Waals surface area contributed by atoms with E-state index in [9.17, 15) is 0 Å². The van der Waals surface area contributed by atoms with Gasteiger partial charge in [-0.25, -0.2) is 0 Å². The Hall–Kier alpha value is -0.860. The Labute approximate surface area is 98.4 Å². The Morgan fingerprint density at radius 1 is 1.31 bits per heavy atom. The molecule has 0 saturated carbocycles. The smallest absolute Gasteiger partial charge is 0.0205 e. The van der Waals surface area contributed by atoms with Crippen molar-refractivity contribution in [2.75, 3.05) is 19.6 Å². The van der Waals surface area contributed by atoms with Crippen LogP contribution in [0.3, 0.4) is 0 Å². The molecule has 1 unspecified atom stereocenters. The van der Waals surface area contributed by atoms with Gasteiger partial charge in [-0.3, -0.25) is 0 Å². The average Bonchev–Trinajstić information content (AvgIpc) is 2.76. The monoisotopic (exact) mass is 218 g/mol. The van der Waals surface area contributed by atoms with E-state index in [2.05, 4.69) is 42.7 Å². The van der Waals surface area contributed by atoms with E-state index in [1.807, 2.05) is 0 Å². The highest BCUT2D eigenvalue weighted by Crippen LogP contribution is 2.10. The fourth-order valence-electron chi connectivity index (χ4n) is 2.22. The Bertz CT molecular complexity index is 341. The van der Waals surface area contributed by atoms with Crippen LogP contribution in [0.2, 0.25) is 0 Å². The summed E-state index contributed by atoms with van der Waals surface area (Å²) in [5, 5.41) is 6.95. The summed E-state index contributed by atoms with van der Waals surface area (Å²) >= 11 is 0. The molecule has 0 spiro atoms. The molecular formula is C14H22N2. The molecule has 0 aromatic heterocycles. The van der Waals surface area contributed by atoms with Crippen LogP contribution in [-0.2, 0) is 6.54 Å². The fraction of sp³-hybridized carbons (Fsp3) is 0.571. The number of hydrogen-bond acceptors (Lipinski definition) is 2. The summed E-state index contributed by atoms with van der Waals surface area (Å²) < 4.78 is 0. The third kappa shape index (κ3) is 3.06. The summed E-state index contributed by atoms with van der Waals surface area (Å²) in [6.07, 6.45) is 1.32. The van der Waals surface area contributed by atoms with Gasteiger partial charge >= 0.3 is 0 Å². The van der Waals surface area contributed by atoms with Gasteiger partial charge in [0, 0.05) is 6.54 Å². The van der Waals surface area contributed by atoms with Crippen molar-refractivity contribution < 1.29 is 0 Å². The molecule has 1 atom stereocenters. The van der Waals surface area contributed by atoms with Crippen LogP contribution in [0.1, 0.15) is 23.1 Å². The molecule has 1 aromatic carbocycles. The van der Waals surface area contributed by atoms with E-state index in [1.165, 1.54) is 36.2 Å². The van der Waals surface area contributed by atoms with Crippen LogP contribution in [0.4, 0.5) is 0 Å². The third-order valence-electron chi connectivity index (χ3n) is 3.50. The predicted octanol–water partition coefficient (Wildman–Crippen LogP) is 2.00. The molecule has 2 N–H and O–H groups in total. The second-order valence-corrected chi connectivity index (χ2v) is 4.91. The molecule has 16 heavy (non-hydrogen) atoms. The van der Waals surface area contributed by atoms with Crippen molar-refractivity contribution in [3.8, 4) is 0 Å². The van der Waals surface area contributed by atoms with Crippen molar-refractivity contribution in [2.45, 2.75) is 26.8 Å². The zero-order chi connectivity index (χ0) is 11.4. The minimum atomic E-state index is 0.826. The van der Waals surface area contributed by atoms with Crippen molar-refractivity contribution in [1.82, 2.24) is 10.6 Å². The number of aryl methyl sites for hydroxylation is 2. The third-order valence-corrected chi connectivity index (χ3v) is 3.50. The van der Waals surface area contributed by atoms with Crippen LogP contribution >= 0.6 is 0 Å². The Kier molecular flexibility index (Phi) is 3.97. The second kappa shape index (κ2) is 5.46. The molecule has 0 bridgehead atoms. The summed E-state index contributed by atoms with van der Waals surface area (Å²) in [5.74, 6) is 0.826. The van der Waals surface area contributed by atoms with Gasteiger partial charge in [0.1, 0.15) is 0 Å². The first-order valence-electron chi connectivity index (χ1n) is 6.23. The molecule has 1 aliphatic rings. The lowest BCUT2D eigenvalue weighted by molar-refractivity contribution is 0.512. The maximum atomic E-state index is 3.55. The van der Waals surface area contributed by atoms with E-state index in [0.717, 1.165) is 19.0 Å². The number of rotatable bonds is 4. The molecule has 0 amide bonds. The van der Waals surface area contributed by atoms with Gasteiger partial charge in [0.05, 0.1) is 0 Å². The molecule has 1 aromatic rings. The molecule has 1 saturated heterocycles. The van der Waals surface area contributed by atoms with E-state index in [-0.39, 0.29) is 0 Å². The first-order valence-corrected chi connectivity index (χ1v) is 6.23. The molecule has 2 heteroatoms. The number of nitrogens with one attached hydrogen (secondary N) is 2. The minimum Gasteiger partial charge on any atom is -0.316 e. The van der Waals surface area contributed by atoms with E-state index in [0.29, 0.717) is 0 Å². The summed E-state index contributed by atoms with van der Waals surface area (Å²) in [5.41, 5.74) is 4.17. The summed E-state index contributed by atoms with van der Waals surface area (Å²) in [6.45, 7) is 8.85. The topological polar surface area (TPSA) is 24.1 Å². The maximum Gasteiger partial charge on any atom is 0.0205 e. The van der Waals surface area contributed by atoms with Gasteiger partial charge in [-0.15, -0.1) is 0 Å². The second-order valence-electron chi connectivity index (χ2n) is 4.91. The summed E-state index contributed by atoms with van der Waals surface area (Å²) in [4.78, 5) is 0. The highest BCUT2D eigenvalue weighted by Gasteiger charge is 2.13. The molecule has 0 radical (unpaired) electrons. The lowest BCUT2D eigenvalue weighted by atomic mass is 10.1. The first kappa shape index (κ1) is 11.6. The van der Waals surface area contributed by atoms with Crippen LogP contribution < -0.4 is 10.6 Å². The predicted molar refractivity (Wildman–Crippen MR) is 68.6 cm³/mol.